The minimum absolute atomic E-state index is 0.189. The van der Waals surface area contributed by atoms with E-state index in [4.69, 9.17) is 0 Å². The van der Waals surface area contributed by atoms with Crippen LogP contribution in [0.2, 0.25) is 0 Å². The third-order valence-corrected chi connectivity index (χ3v) is 6.13. The molecule has 0 radical (unpaired) electrons. The van der Waals surface area contributed by atoms with Gasteiger partial charge in [0.15, 0.2) is 9.84 Å². The molecule has 1 aromatic rings. The maximum atomic E-state index is 11.8. The van der Waals surface area contributed by atoms with E-state index in [1.165, 1.54) is 16.7 Å². The quantitative estimate of drug-likeness (QED) is 0.922. The van der Waals surface area contributed by atoms with E-state index >= 15 is 0 Å². The maximum absolute atomic E-state index is 11.8. The number of rotatable bonds is 4. The molecule has 0 saturated carbocycles. The highest BCUT2D eigenvalue weighted by molar-refractivity contribution is 7.92. The largest absolute Gasteiger partial charge is 0.309 e. The number of hydrogen-bond acceptors (Lipinski definition) is 3. The standard InChI is InChI=1S/C15H23NO2S/c1-11-7-12(2)9-14(8-11)13(3)16-10-15-5-4-6-19(15,17)18/h7-9,13,15-16H,4-6,10H2,1-3H3. The summed E-state index contributed by atoms with van der Waals surface area (Å²) in [4.78, 5) is 0. The Hall–Kier alpha value is -0.870. The van der Waals surface area contributed by atoms with Gasteiger partial charge in [-0.1, -0.05) is 29.3 Å². The molecule has 0 aromatic heterocycles. The lowest BCUT2D eigenvalue weighted by Crippen LogP contribution is -2.32. The Morgan fingerprint density at radius 1 is 1.26 bits per heavy atom. The monoisotopic (exact) mass is 281 g/mol. The van der Waals surface area contributed by atoms with Crippen LogP contribution in [0.1, 0.15) is 42.5 Å². The minimum Gasteiger partial charge on any atom is -0.309 e. The average molecular weight is 281 g/mol. The second-order valence-corrected chi connectivity index (χ2v) is 8.08. The van der Waals surface area contributed by atoms with Crippen LogP contribution in [-0.2, 0) is 9.84 Å². The Morgan fingerprint density at radius 3 is 2.42 bits per heavy atom. The summed E-state index contributed by atoms with van der Waals surface area (Å²) in [6.45, 7) is 6.83. The Kier molecular flexibility index (Phi) is 4.31. The highest BCUT2D eigenvalue weighted by atomic mass is 32.2. The Labute approximate surface area is 116 Å². The third kappa shape index (κ3) is 3.57. The predicted octanol–water partition coefficient (Wildman–Crippen LogP) is 2.53. The molecule has 4 heteroatoms. The molecule has 106 valence electrons. The van der Waals surface area contributed by atoms with Crippen LogP contribution in [0, 0.1) is 13.8 Å². The van der Waals surface area contributed by atoms with Crippen molar-refractivity contribution in [3.63, 3.8) is 0 Å². The summed E-state index contributed by atoms with van der Waals surface area (Å²) in [5.74, 6) is 0.358. The van der Waals surface area contributed by atoms with Crippen molar-refractivity contribution < 1.29 is 8.42 Å². The lowest BCUT2D eigenvalue weighted by molar-refractivity contribution is 0.538. The molecule has 2 atom stereocenters. The van der Waals surface area contributed by atoms with Crippen molar-refractivity contribution in [2.24, 2.45) is 0 Å². The van der Waals surface area contributed by atoms with Gasteiger partial charge in [-0.05, 0) is 39.2 Å². The van der Waals surface area contributed by atoms with Crippen LogP contribution in [0.4, 0.5) is 0 Å². The molecule has 2 unspecified atom stereocenters. The van der Waals surface area contributed by atoms with Gasteiger partial charge in [0.25, 0.3) is 0 Å². The van der Waals surface area contributed by atoms with Crippen LogP contribution in [0.5, 0.6) is 0 Å². The van der Waals surface area contributed by atoms with Crippen molar-refractivity contribution in [1.82, 2.24) is 5.32 Å². The van der Waals surface area contributed by atoms with Crippen LogP contribution in [0.3, 0.4) is 0 Å². The second kappa shape index (κ2) is 5.63. The Morgan fingerprint density at radius 2 is 1.89 bits per heavy atom. The lowest BCUT2D eigenvalue weighted by atomic mass is 10.0. The van der Waals surface area contributed by atoms with Gasteiger partial charge in [-0.15, -0.1) is 0 Å². The summed E-state index contributed by atoms with van der Waals surface area (Å²) >= 11 is 0. The zero-order chi connectivity index (χ0) is 14.0. The van der Waals surface area contributed by atoms with E-state index in [1.807, 2.05) is 0 Å². The van der Waals surface area contributed by atoms with E-state index in [0.717, 1.165) is 12.8 Å². The van der Waals surface area contributed by atoms with E-state index in [2.05, 4.69) is 44.3 Å². The molecule has 1 aliphatic rings. The fourth-order valence-electron chi connectivity index (χ4n) is 2.77. The van der Waals surface area contributed by atoms with Crippen molar-refractivity contribution in [3.05, 3.63) is 34.9 Å². The summed E-state index contributed by atoms with van der Waals surface area (Å²) < 4.78 is 23.6. The predicted molar refractivity (Wildman–Crippen MR) is 79.1 cm³/mol. The first-order valence-corrected chi connectivity index (χ1v) is 8.63. The molecule has 19 heavy (non-hydrogen) atoms. The van der Waals surface area contributed by atoms with Crippen molar-refractivity contribution in [1.29, 1.82) is 0 Å². The molecule has 0 bridgehead atoms. The number of sulfone groups is 1. The zero-order valence-electron chi connectivity index (χ0n) is 11.9. The van der Waals surface area contributed by atoms with Crippen LogP contribution in [0.25, 0.3) is 0 Å². The van der Waals surface area contributed by atoms with Gasteiger partial charge in [0.1, 0.15) is 0 Å². The van der Waals surface area contributed by atoms with Gasteiger partial charge in [-0.2, -0.15) is 0 Å². The molecule has 2 rings (SSSR count). The number of nitrogens with one attached hydrogen (secondary N) is 1. The fourth-order valence-corrected chi connectivity index (χ4v) is 4.55. The topological polar surface area (TPSA) is 46.2 Å². The first-order valence-electron chi connectivity index (χ1n) is 6.91. The first kappa shape index (κ1) is 14.5. The van der Waals surface area contributed by atoms with Gasteiger partial charge in [0.2, 0.25) is 0 Å². The minimum atomic E-state index is -2.84. The molecular weight excluding hydrogens is 258 g/mol. The molecule has 0 aliphatic carbocycles. The molecule has 1 heterocycles. The van der Waals surface area contributed by atoms with E-state index in [1.54, 1.807) is 0 Å². The molecule has 0 amide bonds. The van der Waals surface area contributed by atoms with E-state index in [0.29, 0.717) is 12.3 Å². The van der Waals surface area contributed by atoms with Gasteiger partial charge in [0, 0.05) is 12.6 Å². The summed E-state index contributed by atoms with van der Waals surface area (Å²) in [5.41, 5.74) is 3.72. The average Bonchev–Trinajstić information content (AvgIpc) is 2.64. The van der Waals surface area contributed by atoms with Crippen molar-refractivity contribution in [2.45, 2.75) is 44.9 Å². The molecule has 1 saturated heterocycles. The third-order valence-electron chi connectivity index (χ3n) is 3.86. The van der Waals surface area contributed by atoms with Gasteiger partial charge in [0.05, 0.1) is 11.0 Å². The first-order chi connectivity index (χ1) is 8.88. The van der Waals surface area contributed by atoms with Crippen molar-refractivity contribution in [2.75, 3.05) is 12.3 Å². The van der Waals surface area contributed by atoms with Crippen molar-refractivity contribution >= 4 is 9.84 Å². The van der Waals surface area contributed by atoms with Crippen LogP contribution >= 0.6 is 0 Å². The molecule has 1 fully saturated rings. The highest BCUT2D eigenvalue weighted by Crippen LogP contribution is 2.21. The number of benzene rings is 1. The summed E-state index contributed by atoms with van der Waals surface area (Å²) in [7, 11) is -2.84. The van der Waals surface area contributed by atoms with E-state index < -0.39 is 9.84 Å². The summed E-state index contributed by atoms with van der Waals surface area (Å²) in [5, 5.41) is 3.18. The maximum Gasteiger partial charge on any atom is 0.154 e. The molecule has 3 nitrogen and oxygen atoms in total. The Balaban J connectivity index is 1.99. The van der Waals surface area contributed by atoms with E-state index in [9.17, 15) is 8.42 Å². The van der Waals surface area contributed by atoms with Crippen LogP contribution in [-0.4, -0.2) is 26.0 Å². The van der Waals surface area contributed by atoms with Crippen LogP contribution in [0.15, 0.2) is 18.2 Å². The fraction of sp³-hybridized carbons (Fsp3) is 0.600. The number of aryl methyl sites for hydroxylation is 2. The van der Waals surface area contributed by atoms with Gasteiger partial charge in [-0.25, -0.2) is 8.42 Å². The highest BCUT2D eigenvalue weighted by Gasteiger charge is 2.31. The molecular formula is C15H23NO2S. The van der Waals surface area contributed by atoms with Crippen LogP contribution < -0.4 is 5.32 Å². The smallest absolute Gasteiger partial charge is 0.154 e. The Bertz CT molecular complexity index is 531. The summed E-state index contributed by atoms with van der Waals surface area (Å²) in [6.07, 6.45) is 1.61. The molecule has 1 aliphatic heterocycles. The lowest BCUT2D eigenvalue weighted by Gasteiger charge is -2.18. The van der Waals surface area contributed by atoms with Gasteiger partial charge in [-0.3, -0.25) is 0 Å². The van der Waals surface area contributed by atoms with Crippen molar-refractivity contribution in [3.8, 4) is 0 Å². The molecule has 1 aromatic carbocycles. The SMILES string of the molecule is Cc1cc(C)cc(C(C)NCC2CCCS2(=O)=O)c1. The van der Waals surface area contributed by atoms with Gasteiger partial charge >= 0.3 is 0 Å². The number of hydrogen-bond donors (Lipinski definition) is 1. The zero-order valence-corrected chi connectivity index (χ0v) is 12.8. The van der Waals surface area contributed by atoms with Gasteiger partial charge < -0.3 is 5.32 Å². The summed E-state index contributed by atoms with van der Waals surface area (Å²) in [6, 6.07) is 6.66. The molecule has 0 spiro atoms. The van der Waals surface area contributed by atoms with E-state index in [-0.39, 0.29) is 11.3 Å². The normalized spacial score (nSPS) is 23.4. The molecule has 1 N–H and O–H groups in total. The second-order valence-electron chi connectivity index (χ2n) is 5.68.